The molecule has 4 rings (SSSR count). The van der Waals surface area contributed by atoms with Crippen LogP contribution in [0.25, 0.3) is 5.69 Å². The zero-order valence-electron chi connectivity index (χ0n) is 19.8. The normalized spacial score (nSPS) is 16.8. The lowest BCUT2D eigenvalue weighted by atomic mass is 10.00. The summed E-state index contributed by atoms with van der Waals surface area (Å²) in [6.45, 7) is 1.68. The molecule has 1 aliphatic heterocycles. The first-order valence-corrected chi connectivity index (χ1v) is 13.2. The van der Waals surface area contributed by atoms with Gasteiger partial charge in [0.2, 0.25) is 0 Å². The number of urea groups is 1. The number of phenols is 1. The van der Waals surface area contributed by atoms with E-state index in [1.165, 1.54) is 53.3 Å². The van der Waals surface area contributed by atoms with Crippen molar-refractivity contribution in [2.75, 3.05) is 11.2 Å². The number of rotatable bonds is 5. The standard InChI is InChI=1S/C24H24F4N4O4S/c1-3-17(14-4-10-21(20(33)12-14)37(2,35)36)30-23(34)31-19-13-29-32(16-7-5-15(25)6-8-16)18(19)9-11-22(31)24(26,27)28/h4-8,10,12-13,17,22,33H,3,9,11H2,1-2H3,(H,30,34)/t17-,22?/m0/s1. The van der Waals surface area contributed by atoms with E-state index < -0.39 is 52.1 Å². The molecule has 1 aliphatic rings. The van der Waals surface area contributed by atoms with Crippen molar-refractivity contribution in [3.8, 4) is 11.4 Å². The van der Waals surface area contributed by atoms with Crippen LogP contribution < -0.4 is 10.2 Å². The van der Waals surface area contributed by atoms with Crippen molar-refractivity contribution in [3.63, 3.8) is 0 Å². The van der Waals surface area contributed by atoms with Crippen LogP contribution in [0.2, 0.25) is 0 Å². The molecular weight excluding hydrogens is 516 g/mol. The first kappa shape index (κ1) is 26.5. The van der Waals surface area contributed by atoms with Gasteiger partial charge in [-0.15, -0.1) is 0 Å². The lowest BCUT2D eigenvalue weighted by Crippen LogP contribution is -2.55. The number of anilines is 1. The van der Waals surface area contributed by atoms with E-state index in [4.69, 9.17) is 0 Å². The Morgan fingerprint density at radius 1 is 1.22 bits per heavy atom. The highest BCUT2D eigenvalue weighted by Crippen LogP contribution is 2.39. The van der Waals surface area contributed by atoms with Crippen molar-refractivity contribution in [3.05, 3.63) is 65.7 Å². The van der Waals surface area contributed by atoms with Crippen LogP contribution in [0.4, 0.5) is 28.0 Å². The molecule has 2 amide bonds. The Morgan fingerprint density at radius 3 is 2.46 bits per heavy atom. The van der Waals surface area contributed by atoms with Gasteiger partial charge in [0.1, 0.15) is 22.5 Å². The number of carbonyl (C=O) groups is 1. The van der Waals surface area contributed by atoms with Crippen LogP contribution >= 0.6 is 0 Å². The molecule has 3 aromatic rings. The van der Waals surface area contributed by atoms with Gasteiger partial charge in [0.05, 0.1) is 29.3 Å². The Bertz CT molecular complexity index is 1420. The fraction of sp³-hybridized carbons (Fsp3) is 0.333. The first-order chi connectivity index (χ1) is 17.3. The second-order valence-corrected chi connectivity index (χ2v) is 10.7. The Kier molecular flexibility index (Phi) is 6.93. The van der Waals surface area contributed by atoms with Gasteiger partial charge >= 0.3 is 12.2 Å². The molecule has 2 heterocycles. The number of aromatic hydroxyl groups is 1. The number of phenolic OH excluding ortho intramolecular Hbond substituents is 1. The molecule has 2 aromatic carbocycles. The average Bonchev–Trinajstić information content (AvgIpc) is 3.25. The lowest BCUT2D eigenvalue weighted by molar-refractivity contribution is -0.149. The molecule has 0 saturated carbocycles. The summed E-state index contributed by atoms with van der Waals surface area (Å²) in [6, 6.07) is 5.05. The van der Waals surface area contributed by atoms with Gasteiger partial charge in [-0.2, -0.15) is 18.3 Å². The summed E-state index contributed by atoms with van der Waals surface area (Å²) in [5.41, 5.74) is 1.09. The van der Waals surface area contributed by atoms with Crippen molar-refractivity contribution in [1.82, 2.24) is 15.1 Å². The molecule has 37 heavy (non-hydrogen) atoms. The molecule has 0 spiro atoms. The quantitative estimate of drug-likeness (QED) is 0.458. The number of nitrogens with one attached hydrogen (secondary N) is 1. The van der Waals surface area contributed by atoms with Crippen molar-refractivity contribution in [1.29, 1.82) is 0 Å². The monoisotopic (exact) mass is 540 g/mol. The van der Waals surface area contributed by atoms with Gasteiger partial charge in [0.25, 0.3) is 0 Å². The van der Waals surface area contributed by atoms with Gasteiger partial charge in [0, 0.05) is 6.26 Å². The molecule has 0 radical (unpaired) electrons. The Labute approximate surface area is 210 Å². The third kappa shape index (κ3) is 5.26. The van der Waals surface area contributed by atoms with Crippen LogP contribution in [0, 0.1) is 5.82 Å². The molecule has 13 heteroatoms. The summed E-state index contributed by atoms with van der Waals surface area (Å²) < 4.78 is 80.3. The number of hydrogen-bond donors (Lipinski definition) is 2. The van der Waals surface area contributed by atoms with E-state index in [0.717, 1.165) is 6.26 Å². The van der Waals surface area contributed by atoms with Gasteiger partial charge in [-0.25, -0.2) is 22.3 Å². The lowest BCUT2D eigenvalue weighted by Gasteiger charge is -2.37. The number of benzene rings is 2. The number of amides is 2. The average molecular weight is 541 g/mol. The minimum atomic E-state index is -4.72. The maximum atomic E-state index is 14.0. The third-order valence-electron chi connectivity index (χ3n) is 6.23. The predicted molar refractivity (Wildman–Crippen MR) is 127 cm³/mol. The largest absolute Gasteiger partial charge is 0.507 e. The summed E-state index contributed by atoms with van der Waals surface area (Å²) in [4.78, 5) is 13.7. The molecule has 1 aromatic heterocycles. The van der Waals surface area contributed by atoms with E-state index in [1.807, 2.05) is 0 Å². The highest BCUT2D eigenvalue weighted by atomic mass is 32.2. The van der Waals surface area contributed by atoms with Crippen molar-refractivity contribution in [2.45, 2.75) is 49.3 Å². The van der Waals surface area contributed by atoms with Crippen LogP contribution in [-0.2, 0) is 16.3 Å². The van der Waals surface area contributed by atoms with E-state index in [-0.39, 0.29) is 23.4 Å². The van der Waals surface area contributed by atoms with E-state index in [2.05, 4.69) is 10.4 Å². The molecule has 0 saturated heterocycles. The van der Waals surface area contributed by atoms with Gasteiger partial charge in [-0.05, 0) is 61.2 Å². The van der Waals surface area contributed by atoms with E-state index >= 15 is 0 Å². The van der Waals surface area contributed by atoms with E-state index in [0.29, 0.717) is 21.8 Å². The molecule has 8 nitrogen and oxygen atoms in total. The van der Waals surface area contributed by atoms with Gasteiger partial charge in [-0.1, -0.05) is 13.0 Å². The Balaban J connectivity index is 1.69. The zero-order chi connectivity index (χ0) is 27.1. The number of halogens is 4. The highest BCUT2D eigenvalue weighted by molar-refractivity contribution is 7.90. The van der Waals surface area contributed by atoms with Crippen LogP contribution in [0.3, 0.4) is 0 Å². The van der Waals surface area contributed by atoms with Gasteiger partial charge in [0.15, 0.2) is 9.84 Å². The van der Waals surface area contributed by atoms with Crippen molar-refractivity contribution < 1.29 is 35.9 Å². The molecule has 2 N–H and O–H groups in total. The van der Waals surface area contributed by atoms with Crippen molar-refractivity contribution in [2.24, 2.45) is 0 Å². The molecular formula is C24H24F4N4O4S. The topological polar surface area (TPSA) is 105 Å². The summed E-state index contributed by atoms with van der Waals surface area (Å²) >= 11 is 0. The van der Waals surface area contributed by atoms with Crippen molar-refractivity contribution >= 4 is 21.6 Å². The third-order valence-corrected chi connectivity index (χ3v) is 7.38. The Hall–Kier alpha value is -3.61. The molecule has 0 bridgehead atoms. The smallest absolute Gasteiger partial charge is 0.409 e. The molecule has 2 atom stereocenters. The fourth-order valence-corrected chi connectivity index (χ4v) is 5.19. The van der Waals surface area contributed by atoms with Crippen LogP contribution in [0.5, 0.6) is 5.75 Å². The van der Waals surface area contributed by atoms with Gasteiger partial charge in [-0.3, -0.25) is 4.90 Å². The second kappa shape index (κ2) is 9.69. The molecule has 0 aliphatic carbocycles. The maximum Gasteiger partial charge on any atom is 0.409 e. The minimum Gasteiger partial charge on any atom is -0.507 e. The predicted octanol–water partition coefficient (Wildman–Crippen LogP) is 4.66. The maximum absolute atomic E-state index is 14.0. The number of hydrogen-bond acceptors (Lipinski definition) is 5. The van der Waals surface area contributed by atoms with Crippen LogP contribution in [0.15, 0.2) is 53.6 Å². The number of alkyl halides is 3. The van der Waals surface area contributed by atoms with E-state index in [1.54, 1.807) is 6.92 Å². The fourth-order valence-electron chi connectivity index (χ4n) is 4.44. The summed E-state index contributed by atoms with van der Waals surface area (Å²) in [5.74, 6) is -1.01. The van der Waals surface area contributed by atoms with Crippen LogP contribution in [-0.4, -0.2) is 47.8 Å². The molecule has 1 unspecified atom stereocenters. The Morgan fingerprint density at radius 2 is 1.89 bits per heavy atom. The highest BCUT2D eigenvalue weighted by Gasteiger charge is 2.49. The number of sulfone groups is 1. The SMILES string of the molecule is CC[C@H](NC(=O)N1c2cnn(-c3ccc(F)cc3)c2CCC1C(F)(F)F)c1ccc(S(C)(=O)=O)c(O)c1. The second-order valence-electron chi connectivity index (χ2n) is 8.74. The zero-order valence-corrected chi connectivity index (χ0v) is 20.6. The summed E-state index contributed by atoms with van der Waals surface area (Å²) in [7, 11) is -3.70. The summed E-state index contributed by atoms with van der Waals surface area (Å²) in [5, 5.41) is 16.9. The number of fused-ring (bicyclic) bond motifs is 1. The van der Waals surface area contributed by atoms with Gasteiger partial charge < -0.3 is 10.4 Å². The number of carbonyl (C=O) groups excluding carboxylic acids is 1. The number of aromatic nitrogens is 2. The summed E-state index contributed by atoms with van der Waals surface area (Å²) in [6.07, 6.45) is -2.79. The van der Waals surface area contributed by atoms with E-state index in [9.17, 15) is 35.9 Å². The molecule has 198 valence electrons. The minimum absolute atomic E-state index is 0.0152. The number of nitrogens with zero attached hydrogens (tertiary/aromatic N) is 3. The first-order valence-electron chi connectivity index (χ1n) is 11.3. The van der Waals surface area contributed by atoms with Crippen LogP contribution in [0.1, 0.15) is 37.1 Å². The molecule has 0 fully saturated rings.